The van der Waals surface area contributed by atoms with Crippen molar-refractivity contribution in [2.24, 2.45) is 0 Å². The number of amides is 3. The van der Waals surface area contributed by atoms with E-state index in [0.29, 0.717) is 16.9 Å². The number of nitrogens with one attached hydrogen (secondary N) is 3. The fraction of sp³-hybridized carbons (Fsp3) is 0.0645. The maximum absolute atomic E-state index is 13.3. The molecule has 0 aliphatic rings. The van der Waals surface area contributed by atoms with Crippen molar-refractivity contribution in [2.45, 2.75) is 17.1 Å². The summed E-state index contributed by atoms with van der Waals surface area (Å²) in [6.45, 7) is 1.83. The van der Waals surface area contributed by atoms with Crippen LogP contribution < -0.4 is 16.0 Å². The minimum Gasteiger partial charge on any atom is -0.324 e. The molecule has 3 N–H and O–H groups in total. The third-order valence-electron chi connectivity index (χ3n) is 5.61. The Morgan fingerprint density at radius 3 is 2.20 bits per heavy atom. The van der Waals surface area contributed by atoms with Crippen LogP contribution in [0.4, 0.5) is 11.4 Å². The van der Waals surface area contributed by atoms with E-state index in [4.69, 9.17) is 0 Å². The lowest BCUT2D eigenvalue weighted by atomic mass is 10.1. The van der Waals surface area contributed by atoms with E-state index in [9.17, 15) is 14.4 Å². The lowest BCUT2D eigenvalue weighted by Crippen LogP contribution is -2.30. The molecule has 0 fully saturated rings. The van der Waals surface area contributed by atoms with Gasteiger partial charge < -0.3 is 16.0 Å². The van der Waals surface area contributed by atoms with Crippen LogP contribution in [0.1, 0.15) is 22.8 Å². The van der Waals surface area contributed by atoms with Crippen molar-refractivity contribution in [1.29, 1.82) is 0 Å². The highest BCUT2D eigenvalue weighted by atomic mass is 79.9. The van der Waals surface area contributed by atoms with Crippen LogP contribution in [0.25, 0.3) is 6.08 Å². The van der Waals surface area contributed by atoms with Crippen molar-refractivity contribution in [3.8, 4) is 0 Å². The molecule has 6 nitrogen and oxygen atoms in total. The predicted molar refractivity (Wildman–Crippen MR) is 169 cm³/mol. The van der Waals surface area contributed by atoms with E-state index in [1.54, 1.807) is 42.5 Å². The SMILES string of the molecule is CC(Sc1ccc(NC(=O)/C(=C/c2cccc(Br)c2)NC(=O)c2ccccc2)cc1)C(=O)Nc1ccccc1Br. The average molecular weight is 679 g/mol. The van der Waals surface area contributed by atoms with Gasteiger partial charge >= 0.3 is 0 Å². The molecule has 9 heteroatoms. The van der Waals surface area contributed by atoms with E-state index in [1.807, 2.05) is 73.7 Å². The molecule has 4 aromatic carbocycles. The molecule has 0 aliphatic heterocycles. The number of carbonyl (C=O) groups is 3. The van der Waals surface area contributed by atoms with Gasteiger partial charge in [0, 0.05) is 25.1 Å². The third-order valence-corrected chi connectivity index (χ3v) is 7.91. The zero-order valence-electron chi connectivity index (χ0n) is 21.4. The topological polar surface area (TPSA) is 87.3 Å². The summed E-state index contributed by atoms with van der Waals surface area (Å²) in [5.74, 6) is -0.977. The van der Waals surface area contributed by atoms with Gasteiger partial charge in [-0.2, -0.15) is 0 Å². The minimum absolute atomic E-state index is 0.0998. The minimum atomic E-state index is -0.467. The van der Waals surface area contributed by atoms with Crippen molar-refractivity contribution < 1.29 is 14.4 Å². The molecule has 40 heavy (non-hydrogen) atoms. The molecule has 3 amide bonds. The molecule has 1 unspecified atom stereocenters. The monoisotopic (exact) mass is 677 g/mol. The second kappa shape index (κ2) is 14.1. The molecule has 4 aromatic rings. The molecule has 0 spiro atoms. The molecular formula is C31H25Br2N3O3S. The highest BCUT2D eigenvalue weighted by Gasteiger charge is 2.17. The second-order valence-corrected chi connectivity index (χ2v) is 11.8. The first-order valence-electron chi connectivity index (χ1n) is 12.3. The summed E-state index contributed by atoms with van der Waals surface area (Å²) < 4.78 is 1.66. The Balaban J connectivity index is 1.43. The highest BCUT2D eigenvalue weighted by molar-refractivity contribution is 9.10. The first-order valence-corrected chi connectivity index (χ1v) is 14.7. The lowest BCUT2D eigenvalue weighted by molar-refractivity contribution is -0.115. The summed E-state index contributed by atoms with van der Waals surface area (Å²) in [6.07, 6.45) is 1.62. The summed E-state index contributed by atoms with van der Waals surface area (Å²) in [4.78, 5) is 39.6. The number of carbonyl (C=O) groups excluding carboxylic acids is 3. The van der Waals surface area contributed by atoms with Gasteiger partial charge in [0.05, 0.1) is 10.9 Å². The molecule has 202 valence electrons. The first-order chi connectivity index (χ1) is 19.3. The van der Waals surface area contributed by atoms with Crippen LogP contribution in [-0.4, -0.2) is 23.0 Å². The highest BCUT2D eigenvalue weighted by Crippen LogP contribution is 2.27. The van der Waals surface area contributed by atoms with Crippen LogP contribution in [0.5, 0.6) is 0 Å². The standard InChI is InChI=1S/C31H25Br2N3O3S/c1-20(29(37)35-27-13-6-5-12-26(27)33)40-25-16-14-24(15-17-25)34-31(39)28(19-21-8-7-11-23(32)18-21)36-30(38)22-9-3-2-4-10-22/h2-20H,1H3,(H,34,39)(H,35,37)(H,36,38)/b28-19-. The quantitative estimate of drug-likeness (QED) is 0.125. The largest absolute Gasteiger partial charge is 0.324 e. The van der Waals surface area contributed by atoms with E-state index in [2.05, 4.69) is 47.8 Å². The predicted octanol–water partition coefficient (Wildman–Crippen LogP) is 7.74. The Bertz CT molecular complexity index is 1540. The molecule has 0 saturated carbocycles. The summed E-state index contributed by atoms with van der Waals surface area (Å²) in [5.41, 5.74) is 2.55. The Morgan fingerprint density at radius 2 is 1.50 bits per heavy atom. The van der Waals surface area contributed by atoms with Gasteiger partial charge in [0.15, 0.2) is 0 Å². The Labute approximate surface area is 253 Å². The van der Waals surface area contributed by atoms with Crippen molar-refractivity contribution >= 4 is 78.8 Å². The number of hydrogen-bond acceptors (Lipinski definition) is 4. The van der Waals surface area contributed by atoms with E-state index in [-0.39, 0.29) is 16.9 Å². The van der Waals surface area contributed by atoms with Crippen LogP contribution in [-0.2, 0) is 9.59 Å². The fourth-order valence-electron chi connectivity index (χ4n) is 3.58. The molecule has 0 saturated heterocycles. The van der Waals surface area contributed by atoms with E-state index in [1.165, 1.54) is 11.8 Å². The van der Waals surface area contributed by atoms with Crippen LogP contribution in [0.3, 0.4) is 0 Å². The van der Waals surface area contributed by atoms with Gasteiger partial charge in [0.1, 0.15) is 5.70 Å². The van der Waals surface area contributed by atoms with E-state index < -0.39 is 11.8 Å². The molecule has 0 aliphatic carbocycles. The summed E-state index contributed by atoms with van der Waals surface area (Å²) in [7, 11) is 0. The number of anilines is 2. The van der Waals surface area contributed by atoms with Crippen molar-refractivity contribution in [1.82, 2.24) is 5.32 Å². The number of hydrogen-bond donors (Lipinski definition) is 3. The molecule has 0 bridgehead atoms. The summed E-state index contributed by atoms with van der Waals surface area (Å²) >= 11 is 8.28. The Morgan fingerprint density at radius 1 is 0.800 bits per heavy atom. The molecule has 4 rings (SSSR count). The number of benzene rings is 4. The molecular weight excluding hydrogens is 654 g/mol. The van der Waals surface area contributed by atoms with Gasteiger partial charge in [0.25, 0.3) is 11.8 Å². The number of thioether (sulfide) groups is 1. The zero-order valence-corrected chi connectivity index (χ0v) is 25.3. The number of para-hydroxylation sites is 1. The molecule has 0 aromatic heterocycles. The van der Waals surface area contributed by atoms with Crippen molar-refractivity contribution in [3.63, 3.8) is 0 Å². The Kier molecular flexibility index (Phi) is 10.3. The number of rotatable bonds is 9. The van der Waals surface area contributed by atoms with Crippen LogP contribution in [0, 0.1) is 0 Å². The lowest BCUT2D eigenvalue weighted by Gasteiger charge is -2.14. The van der Waals surface area contributed by atoms with Gasteiger partial charge in [-0.3, -0.25) is 14.4 Å². The third kappa shape index (κ3) is 8.42. The Hall–Kier alpha value is -3.66. The maximum Gasteiger partial charge on any atom is 0.272 e. The summed E-state index contributed by atoms with van der Waals surface area (Å²) in [6, 6.07) is 30.8. The van der Waals surface area contributed by atoms with Gasteiger partial charge in [-0.1, -0.05) is 58.4 Å². The first kappa shape index (κ1) is 29.3. The van der Waals surface area contributed by atoms with Crippen LogP contribution in [0.2, 0.25) is 0 Å². The summed E-state index contributed by atoms with van der Waals surface area (Å²) in [5, 5.41) is 8.16. The second-order valence-electron chi connectivity index (χ2n) is 8.64. The molecule has 0 radical (unpaired) electrons. The van der Waals surface area contributed by atoms with Crippen LogP contribution >= 0.6 is 43.6 Å². The van der Waals surface area contributed by atoms with Gasteiger partial charge in [-0.05, 0) is 95.2 Å². The average Bonchev–Trinajstić information content (AvgIpc) is 2.95. The van der Waals surface area contributed by atoms with Crippen LogP contribution in [0.15, 0.2) is 123 Å². The maximum atomic E-state index is 13.3. The van der Waals surface area contributed by atoms with E-state index in [0.717, 1.165) is 19.4 Å². The normalized spacial score (nSPS) is 11.8. The van der Waals surface area contributed by atoms with Gasteiger partial charge in [0.2, 0.25) is 5.91 Å². The zero-order chi connectivity index (χ0) is 28.5. The number of halogens is 2. The molecule has 1 atom stereocenters. The van der Waals surface area contributed by atoms with Gasteiger partial charge in [-0.15, -0.1) is 11.8 Å². The molecule has 0 heterocycles. The van der Waals surface area contributed by atoms with Gasteiger partial charge in [-0.25, -0.2) is 0 Å². The van der Waals surface area contributed by atoms with Crippen molar-refractivity contribution in [3.05, 3.63) is 129 Å². The van der Waals surface area contributed by atoms with Crippen molar-refractivity contribution in [2.75, 3.05) is 10.6 Å². The fourth-order valence-corrected chi connectivity index (χ4v) is 5.24. The van der Waals surface area contributed by atoms with E-state index >= 15 is 0 Å². The smallest absolute Gasteiger partial charge is 0.272 e.